The molecule has 1 aliphatic carbocycles. The van der Waals surface area contributed by atoms with Crippen molar-refractivity contribution in [1.29, 1.82) is 0 Å². The van der Waals surface area contributed by atoms with Crippen LogP contribution in [0, 0.1) is 29.6 Å². The van der Waals surface area contributed by atoms with Gasteiger partial charge >= 0.3 is 0 Å². The van der Waals surface area contributed by atoms with Gasteiger partial charge in [0.15, 0.2) is 0 Å². The van der Waals surface area contributed by atoms with Crippen LogP contribution in [0.15, 0.2) is 24.3 Å². The van der Waals surface area contributed by atoms with Crippen LogP contribution in [0.4, 0.5) is 0 Å². The average molecular weight is 428 g/mol. The van der Waals surface area contributed by atoms with Crippen LogP contribution >= 0.6 is 0 Å². The van der Waals surface area contributed by atoms with Crippen molar-refractivity contribution in [3.8, 4) is 23.7 Å². The van der Waals surface area contributed by atoms with Crippen molar-refractivity contribution in [2.24, 2.45) is 11.7 Å². The number of benzene rings is 1. The van der Waals surface area contributed by atoms with Crippen molar-refractivity contribution >= 4 is 11.8 Å². The summed E-state index contributed by atoms with van der Waals surface area (Å²) in [6.45, 7) is 2.90. The summed E-state index contributed by atoms with van der Waals surface area (Å²) in [7, 11) is 0. The number of hydrogen-bond acceptors (Lipinski definition) is 6. The first-order valence-electron chi connectivity index (χ1n) is 10.1. The van der Waals surface area contributed by atoms with Gasteiger partial charge in [-0.1, -0.05) is 11.8 Å². The van der Waals surface area contributed by atoms with E-state index in [4.69, 9.17) is 10.9 Å². The van der Waals surface area contributed by atoms with E-state index in [-0.39, 0.29) is 12.5 Å². The Balaban J connectivity index is 1.96. The quantitative estimate of drug-likeness (QED) is 0.226. The van der Waals surface area contributed by atoms with Gasteiger partial charge in [-0.3, -0.25) is 14.8 Å². The van der Waals surface area contributed by atoms with Crippen molar-refractivity contribution in [3.63, 3.8) is 0 Å². The normalized spacial score (nSPS) is 21.5. The molecule has 0 heterocycles. The number of nitrogens with one attached hydrogen (secondary N) is 2. The lowest BCUT2D eigenvalue weighted by Crippen LogP contribution is -2.61. The van der Waals surface area contributed by atoms with E-state index in [1.165, 1.54) is 5.48 Å². The van der Waals surface area contributed by atoms with E-state index in [1.807, 2.05) is 0 Å². The molecule has 7 N–H and O–H groups in total. The molecule has 1 aromatic rings. The molecular weight excluding hydrogens is 398 g/mol. The molecule has 2 amide bonds. The largest absolute Gasteiger partial charge is 0.393 e. The van der Waals surface area contributed by atoms with E-state index in [9.17, 15) is 19.8 Å². The third-order valence-electron chi connectivity index (χ3n) is 5.30. The zero-order valence-electron chi connectivity index (χ0n) is 17.7. The molecule has 8 heteroatoms. The molecular formula is C23H29N3O5. The summed E-state index contributed by atoms with van der Waals surface area (Å²) in [6.07, 6.45) is 2.51. The maximum Gasteiger partial charge on any atom is 0.267 e. The van der Waals surface area contributed by atoms with Crippen molar-refractivity contribution in [2.45, 2.75) is 56.7 Å². The summed E-state index contributed by atoms with van der Waals surface area (Å²) in [5.74, 6) is 10.5. The van der Waals surface area contributed by atoms with Gasteiger partial charge in [-0.2, -0.15) is 0 Å². The first kappa shape index (κ1) is 24.4. The number of aliphatic hydroxyl groups excluding tert-OH is 1. The molecule has 0 spiro atoms. The van der Waals surface area contributed by atoms with Gasteiger partial charge in [0.05, 0.1) is 12.2 Å². The van der Waals surface area contributed by atoms with E-state index in [2.05, 4.69) is 29.0 Å². The van der Waals surface area contributed by atoms with Gasteiger partial charge in [-0.25, -0.2) is 5.48 Å². The zero-order valence-corrected chi connectivity index (χ0v) is 17.7. The van der Waals surface area contributed by atoms with Crippen LogP contribution in [0.2, 0.25) is 0 Å². The highest BCUT2D eigenvalue weighted by Gasteiger charge is 2.33. The Morgan fingerprint density at radius 1 is 1.23 bits per heavy atom. The summed E-state index contributed by atoms with van der Waals surface area (Å²) in [5.41, 5.74) is 6.35. The number of amides is 2. The third kappa shape index (κ3) is 7.09. The molecule has 0 aromatic heterocycles. The zero-order chi connectivity index (χ0) is 23.1. The van der Waals surface area contributed by atoms with Crippen molar-refractivity contribution < 1.29 is 25.0 Å². The lowest BCUT2D eigenvalue weighted by molar-refractivity contribution is -0.132. The molecule has 1 saturated carbocycles. The van der Waals surface area contributed by atoms with Crippen molar-refractivity contribution in [3.05, 3.63) is 35.4 Å². The second-order valence-corrected chi connectivity index (χ2v) is 8.46. The molecule has 0 aliphatic heterocycles. The minimum atomic E-state index is -1.12. The molecule has 0 bridgehead atoms. The highest BCUT2D eigenvalue weighted by Crippen LogP contribution is 2.31. The number of aliphatic hydroxyl groups is 2. The van der Waals surface area contributed by atoms with Crippen LogP contribution in [-0.2, 0) is 4.79 Å². The molecule has 1 aromatic carbocycles. The van der Waals surface area contributed by atoms with Gasteiger partial charge in [0.25, 0.3) is 11.8 Å². The van der Waals surface area contributed by atoms with Crippen LogP contribution in [0.25, 0.3) is 0 Å². The monoisotopic (exact) mass is 427 g/mol. The van der Waals surface area contributed by atoms with E-state index < -0.39 is 29.0 Å². The minimum absolute atomic E-state index is 0.156. The maximum absolute atomic E-state index is 12.4. The molecule has 0 saturated heterocycles. The Kier molecular flexibility index (Phi) is 8.21. The smallest absolute Gasteiger partial charge is 0.267 e. The predicted octanol–water partition coefficient (Wildman–Crippen LogP) is 0.296. The summed E-state index contributed by atoms with van der Waals surface area (Å²) in [5, 5.41) is 30.6. The lowest BCUT2D eigenvalue weighted by Gasteiger charge is -2.32. The Hall–Kier alpha value is -2.88. The van der Waals surface area contributed by atoms with E-state index in [0.717, 1.165) is 12.8 Å². The second kappa shape index (κ2) is 10.4. The molecule has 1 fully saturated rings. The van der Waals surface area contributed by atoms with E-state index >= 15 is 0 Å². The summed E-state index contributed by atoms with van der Waals surface area (Å²) < 4.78 is 0. The van der Waals surface area contributed by atoms with E-state index in [0.29, 0.717) is 24.0 Å². The summed E-state index contributed by atoms with van der Waals surface area (Å²) in [4.78, 5) is 24.2. The topological polar surface area (TPSA) is 145 Å². The first-order chi connectivity index (χ1) is 14.6. The fourth-order valence-corrected chi connectivity index (χ4v) is 3.27. The van der Waals surface area contributed by atoms with E-state index in [1.54, 1.807) is 38.1 Å². The Bertz CT molecular complexity index is 905. The Labute approximate surface area is 182 Å². The van der Waals surface area contributed by atoms with Gasteiger partial charge < -0.3 is 21.3 Å². The predicted molar refractivity (Wildman–Crippen MR) is 115 cm³/mol. The fraction of sp³-hybridized carbons (Fsp3) is 0.478. The molecule has 8 nitrogen and oxygen atoms in total. The standard InChI is InChI=1S/C23H29N3O5/c1-22(2,24)19(21(29)26-31)25-20(28)18-9-7-16(8-10-18)5-3-4-6-17-11-13-23(30,15-27)14-12-17/h7-10,17,19,27,30-31H,11-15,24H2,1-2H3,(H,25,28)(H,26,29). The van der Waals surface area contributed by atoms with Crippen LogP contribution < -0.4 is 16.5 Å². The van der Waals surface area contributed by atoms with Gasteiger partial charge in [0.2, 0.25) is 0 Å². The maximum atomic E-state index is 12.4. The summed E-state index contributed by atoms with van der Waals surface area (Å²) in [6, 6.07) is 5.36. The number of rotatable bonds is 5. The van der Waals surface area contributed by atoms with Gasteiger partial charge in [-0.05, 0) is 75.6 Å². The summed E-state index contributed by atoms with van der Waals surface area (Å²) >= 11 is 0. The number of hydroxylamine groups is 1. The van der Waals surface area contributed by atoms with Crippen LogP contribution in [0.1, 0.15) is 55.5 Å². The number of carbonyl (C=O) groups is 2. The fourth-order valence-electron chi connectivity index (χ4n) is 3.27. The molecule has 166 valence electrons. The SMILES string of the molecule is CC(C)(N)C(NC(=O)c1ccc(C#CC#CC2CCC(O)(CO)CC2)cc1)C(=O)NO. The van der Waals surface area contributed by atoms with Crippen LogP contribution in [0.3, 0.4) is 0 Å². The Morgan fingerprint density at radius 2 is 1.84 bits per heavy atom. The number of carbonyl (C=O) groups excluding carboxylic acids is 2. The molecule has 31 heavy (non-hydrogen) atoms. The molecule has 1 aliphatic rings. The molecule has 1 unspecified atom stereocenters. The van der Waals surface area contributed by atoms with Crippen LogP contribution in [-0.4, -0.2) is 51.0 Å². The lowest BCUT2D eigenvalue weighted by atomic mass is 9.79. The Morgan fingerprint density at radius 3 is 2.35 bits per heavy atom. The molecule has 2 rings (SSSR count). The average Bonchev–Trinajstić information content (AvgIpc) is 2.75. The number of nitrogens with two attached hydrogens (primary N) is 1. The molecule has 0 radical (unpaired) electrons. The molecule has 1 atom stereocenters. The van der Waals surface area contributed by atoms with Crippen molar-refractivity contribution in [1.82, 2.24) is 10.8 Å². The van der Waals surface area contributed by atoms with Crippen LogP contribution in [0.5, 0.6) is 0 Å². The van der Waals surface area contributed by atoms with Gasteiger partial charge in [-0.15, -0.1) is 0 Å². The van der Waals surface area contributed by atoms with Gasteiger partial charge in [0.1, 0.15) is 6.04 Å². The van der Waals surface area contributed by atoms with Gasteiger partial charge in [0, 0.05) is 22.6 Å². The minimum Gasteiger partial charge on any atom is -0.393 e. The second-order valence-electron chi connectivity index (χ2n) is 8.46. The highest BCUT2D eigenvalue weighted by atomic mass is 16.5. The highest BCUT2D eigenvalue weighted by molar-refractivity contribution is 5.97. The third-order valence-corrected chi connectivity index (χ3v) is 5.30. The first-order valence-corrected chi connectivity index (χ1v) is 10.1. The number of hydrogen-bond donors (Lipinski definition) is 6. The van der Waals surface area contributed by atoms with Crippen molar-refractivity contribution in [2.75, 3.05) is 6.61 Å².